The van der Waals surface area contributed by atoms with Crippen molar-refractivity contribution in [3.05, 3.63) is 11.8 Å². The van der Waals surface area contributed by atoms with E-state index in [0.29, 0.717) is 18.0 Å². The van der Waals surface area contributed by atoms with Crippen LogP contribution in [0.25, 0.3) is 0 Å². The Balaban J connectivity index is 1.08. The monoisotopic (exact) mass is 582 g/mol. The minimum absolute atomic E-state index is 0.0107. The number of fused-ring (bicyclic) bond motifs is 3. The zero-order valence-electron chi connectivity index (χ0n) is 25.8. The van der Waals surface area contributed by atoms with Gasteiger partial charge in [-0.2, -0.15) is 0 Å². The van der Waals surface area contributed by atoms with Crippen molar-refractivity contribution < 1.29 is 19.1 Å². The molecular weight excluding hydrogens is 528 g/mol. The van der Waals surface area contributed by atoms with Crippen LogP contribution in [-0.4, -0.2) is 97.8 Å². The Kier molecular flexibility index (Phi) is 8.96. The summed E-state index contributed by atoms with van der Waals surface area (Å²) in [7, 11) is 0. The summed E-state index contributed by atoms with van der Waals surface area (Å²) in [4.78, 5) is 32.5. The molecule has 0 aromatic carbocycles. The average molecular weight is 583 g/mol. The molecule has 7 aliphatic rings. The van der Waals surface area contributed by atoms with Crippen molar-refractivity contribution in [2.24, 2.45) is 29.6 Å². The number of nitrogens with one attached hydrogen (secondary N) is 2. The second-order valence-corrected chi connectivity index (χ2v) is 14.7. The largest absolute Gasteiger partial charge is 0.379 e. The molecule has 2 saturated heterocycles. The first-order chi connectivity index (χ1) is 20.6. The van der Waals surface area contributed by atoms with Crippen LogP contribution in [0.1, 0.15) is 84.0 Å². The molecular formula is C34H54N4O4. The highest BCUT2D eigenvalue weighted by atomic mass is 16.5. The number of ether oxygens (including phenoxy) is 2. The molecule has 8 heteroatoms. The lowest BCUT2D eigenvalue weighted by atomic mass is 9.65. The summed E-state index contributed by atoms with van der Waals surface area (Å²) in [6, 6.07) is 0.546. The Bertz CT molecular complexity index is 1010. The Morgan fingerprint density at radius 3 is 2.57 bits per heavy atom. The lowest BCUT2D eigenvalue weighted by Crippen LogP contribution is -2.71. The number of morpholine rings is 2. The first-order valence-corrected chi connectivity index (χ1v) is 17.6. The van der Waals surface area contributed by atoms with E-state index in [0.717, 1.165) is 89.3 Å². The van der Waals surface area contributed by atoms with Crippen molar-refractivity contribution in [2.75, 3.05) is 45.9 Å². The summed E-state index contributed by atoms with van der Waals surface area (Å²) in [5.74, 6) is 2.70. The fraction of sp³-hybridized carbons (Fsp3) is 0.882. The maximum atomic E-state index is 14.0. The van der Waals surface area contributed by atoms with Crippen LogP contribution < -0.4 is 10.6 Å². The summed E-state index contributed by atoms with van der Waals surface area (Å²) >= 11 is 0. The molecule has 0 spiro atoms. The van der Waals surface area contributed by atoms with E-state index in [9.17, 15) is 9.59 Å². The van der Waals surface area contributed by atoms with Gasteiger partial charge in [0, 0.05) is 50.9 Å². The molecule has 1 amide bonds. The Labute approximate surface area is 252 Å². The van der Waals surface area contributed by atoms with Gasteiger partial charge >= 0.3 is 0 Å². The standard InChI is InChI=1S/C34H54N4O4/c1-22-5-4-8-23(22)11-12-36-34(40)27-21-38-29-19-24-6-2-3-7-25(24)20-30(29)42-33-28(10-9-26(31(33)38)32(27)39)35-13-14-37-15-17-41-18-16-37/h21-26,28-31,33,35H,2-20H2,1H3,(H,36,40). The van der Waals surface area contributed by atoms with Gasteiger partial charge in [-0.1, -0.05) is 51.9 Å². The fourth-order valence-corrected chi connectivity index (χ4v) is 10.0. The lowest BCUT2D eigenvalue weighted by Gasteiger charge is -2.60. The van der Waals surface area contributed by atoms with Crippen LogP contribution in [0.3, 0.4) is 0 Å². The average Bonchev–Trinajstić information content (AvgIpc) is 3.42. The van der Waals surface area contributed by atoms with Gasteiger partial charge in [-0.05, 0) is 55.8 Å². The van der Waals surface area contributed by atoms with Gasteiger partial charge in [0.05, 0.1) is 43.1 Å². The van der Waals surface area contributed by atoms with Gasteiger partial charge in [0.2, 0.25) is 0 Å². The predicted octanol–water partition coefficient (Wildman–Crippen LogP) is 3.50. The molecule has 3 heterocycles. The third-order valence-corrected chi connectivity index (χ3v) is 12.5. The van der Waals surface area contributed by atoms with Crippen LogP contribution in [0, 0.1) is 29.6 Å². The minimum atomic E-state index is -0.155. The molecule has 0 aromatic rings. The molecule has 0 aromatic heterocycles. The second kappa shape index (κ2) is 12.9. The summed E-state index contributed by atoms with van der Waals surface area (Å²) in [6.07, 6.45) is 16.4. The number of rotatable bonds is 8. The van der Waals surface area contributed by atoms with Crippen molar-refractivity contribution in [3.8, 4) is 0 Å². The molecule has 4 saturated carbocycles. The van der Waals surface area contributed by atoms with Crippen LogP contribution in [0.15, 0.2) is 11.8 Å². The zero-order valence-corrected chi connectivity index (χ0v) is 25.8. The Morgan fingerprint density at radius 2 is 1.79 bits per heavy atom. The van der Waals surface area contributed by atoms with Crippen LogP contribution in [0.5, 0.6) is 0 Å². The smallest absolute Gasteiger partial charge is 0.256 e. The van der Waals surface area contributed by atoms with E-state index in [-0.39, 0.29) is 47.9 Å². The predicted molar refractivity (Wildman–Crippen MR) is 162 cm³/mol. The highest BCUT2D eigenvalue weighted by Crippen LogP contribution is 2.49. The van der Waals surface area contributed by atoms with Crippen LogP contribution in [-0.2, 0) is 19.1 Å². The van der Waals surface area contributed by atoms with Crippen molar-refractivity contribution in [3.63, 3.8) is 0 Å². The van der Waals surface area contributed by atoms with Crippen molar-refractivity contribution in [2.45, 2.75) is 114 Å². The summed E-state index contributed by atoms with van der Waals surface area (Å²) in [5.41, 5.74) is 0.402. The number of hydrogen-bond acceptors (Lipinski definition) is 7. The van der Waals surface area contributed by atoms with E-state index in [1.807, 2.05) is 6.20 Å². The van der Waals surface area contributed by atoms with Gasteiger partial charge < -0.3 is 25.0 Å². The molecule has 234 valence electrons. The molecule has 10 unspecified atom stereocenters. The van der Waals surface area contributed by atoms with E-state index >= 15 is 0 Å². The molecule has 0 bridgehead atoms. The quantitative estimate of drug-likeness (QED) is 0.424. The summed E-state index contributed by atoms with van der Waals surface area (Å²) in [6.45, 7) is 8.60. The van der Waals surface area contributed by atoms with Crippen molar-refractivity contribution >= 4 is 11.7 Å². The molecule has 8 nitrogen and oxygen atoms in total. The summed E-state index contributed by atoms with van der Waals surface area (Å²) < 4.78 is 12.6. The van der Waals surface area contributed by atoms with Crippen LogP contribution >= 0.6 is 0 Å². The molecule has 6 fully saturated rings. The molecule has 3 aliphatic heterocycles. The number of nitrogens with zero attached hydrogens (tertiary/aromatic N) is 2. The van der Waals surface area contributed by atoms with Crippen molar-refractivity contribution in [1.29, 1.82) is 0 Å². The number of carbonyl (C=O) groups excluding carboxylic acids is 2. The molecule has 0 radical (unpaired) electrons. The molecule has 2 N–H and O–H groups in total. The van der Waals surface area contributed by atoms with Crippen LogP contribution in [0.4, 0.5) is 0 Å². The highest BCUT2D eigenvalue weighted by molar-refractivity contribution is 6.20. The van der Waals surface area contributed by atoms with E-state index in [2.05, 4.69) is 27.4 Å². The second-order valence-electron chi connectivity index (χ2n) is 14.7. The van der Waals surface area contributed by atoms with Crippen molar-refractivity contribution in [1.82, 2.24) is 20.4 Å². The van der Waals surface area contributed by atoms with E-state index in [1.54, 1.807) is 0 Å². The van der Waals surface area contributed by atoms with E-state index in [4.69, 9.17) is 9.47 Å². The number of carbonyl (C=O) groups is 2. The van der Waals surface area contributed by atoms with Crippen LogP contribution in [0.2, 0.25) is 0 Å². The van der Waals surface area contributed by atoms with Gasteiger partial charge in [0.1, 0.15) is 0 Å². The third kappa shape index (κ3) is 5.82. The van der Waals surface area contributed by atoms with Gasteiger partial charge in [0.25, 0.3) is 5.91 Å². The fourth-order valence-electron chi connectivity index (χ4n) is 10.0. The number of ketones is 1. The Hall–Kier alpha value is -1.48. The van der Waals surface area contributed by atoms with E-state index in [1.165, 1.54) is 44.9 Å². The van der Waals surface area contributed by atoms with E-state index < -0.39 is 0 Å². The molecule has 10 atom stereocenters. The van der Waals surface area contributed by atoms with Gasteiger partial charge in [-0.15, -0.1) is 0 Å². The lowest BCUT2D eigenvalue weighted by molar-refractivity contribution is -0.200. The first-order valence-electron chi connectivity index (χ1n) is 17.6. The van der Waals surface area contributed by atoms with Gasteiger partial charge in [0.15, 0.2) is 5.78 Å². The maximum absolute atomic E-state index is 14.0. The number of hydrogen-bond donors (Lipinski definition) is 2. The summed E-state index contributed by atoms with van der Waals surface area (Å²) in [5, 5.41) is 7.04. The minimum Gasteiger partial charge on any atom is -0.379 e. The maximum Gasteiger partial charge on any atom is 0.256 e. The molecule has 42 heavy (non-hydrogen) atoms. The zero-order chi connectivity index (χ0) is 28.6. The molecule has 4 aliphatic carbocycles. The topological polar surface area (TPSA) is 83.1 Å². The normalized spacial score (nSPS) is 41.9. The Morgan fingerprint density at radius 1 is 0.976 bits per heavy atom. The number of amides is 1. The van der Waals surface area contributed by atoms with Gasteiger partial charge in [-0.25, -0.2) is 0 Å². The van der Waals surface area contributed by atoms with Gasteiger partial charge in [-0.3, -0.25) is 14.5 Å². The highest BCUT2D eigenvalue weighted by Gasteiger charge is 2.57. The first kappa shape index (κ1) is 29.2. The third-order valence-electron chi connectivity index (χ3n) is 12.5. The number of Topliss-reactive ketones (excluding diaryl/α,β-unsaturated/α-hetero) is 1. The SMILES string of the molecule is CC1CCCC1CCNC(=O)C1=CN2C3CC4CCCCC4CC3OC3C(NCCN4CCOCC4)CCC(C1=O)C32. The molecule has 7 rings (SSSR count).